The summed E-state index contributed by atoms with van der Waals surface area (Å²) >= 11 is 0. The number of carbonyl (C=O) groups excluding carboxylic acids is 1. The molecule has 2 aliphatic rings. The monoisotopic (exact) mass is 271 g/mol. The highest BCUT2D eigenvalue weighted by Crippen LogP contribution is 2.38. The van der Waals surface area contributed by atoms with Crippen molar-refractivity contribution in [3.05, 3.63) is 35.9 Å². The van der Waals surface area contributed by atoms with E-state index in [9.17, 15) is 4.79 Å². The summed E-state index contributed by atoms with van der Waals surface area (Å²) in [5.41, 5.74) is 1.74. The van der Waals surface area contributed by atoms with Gasteiger partial charge in [0, 0.05) is 18.4 Å². The lowest BCUT2D eigenvalue weighted by Gasteiger charge is -2.44. The first-order chi connectivity index (χ1) is 9.78. The second kappa shape index (κ2) is 6.09. The van der Waals surface area contributed by atoms with E-state index in [1.807, 2.05) is 0 Å². The third-order valence-electron chi connectivity index (χ3n) is 5.24. The zero-order valence-corrected chi connectivity index (χ0v) is 12.3. The van der Waals surface area contributed by atoms with Crippen molar-refractivity contribution in [3.63, 3.8) is 0 Å². The molecule has 0 aromatic heterocycles. The first kappa shape index (κ1) is 13.8. The average Bonchev–Trinajstić information content (AvgIpc) is 3.03. The fourth-order valence-corrected chi connectivity index (χ4v) is 3.93. The second-order valence-electron chi connectivity index (χ2n) is 6.44. The van der Waals surface area contributed by atoms with Crippen molar-refractivity contribution in [3.8, 4) is 0 Å². The van der Waals surface area contributed by atoms with Crippen molar-refractivity contribution in [1.29, 1.82) is 0 Å². The van der Waals surface area contributed by atoms with Gasteiger partial charge in [-0.2, -0.15) is 0 Å². The van der Waals surface area contributed by atoms with Gasteiger partial charge in [0.25, 0.3) is 0 Å². The quantitative estimate of drug-likeness (QED) is 0.834. The standard InChI is InChI=1S/C18H25NO/c20-17-9-12-18(13-10-17,19-14-4-5-15-19)11-8-16-6-2-1-3-7-16/h1-3,6-7H,4-5,8-15H2. The Hall–Kier alpha value is -1.15. The average molecular weight is 271 g/mol. The van der Waals surface area contributed by atoms with E-state index in [0.29, 0.717) is 11.3 Å². The van der Waals surface area contributed by atoms with Gasteiger partial charge < -0.3 is 0 Å². The molecule has 20 heavy (non-hydrogen) atoms. The molecule has 0 amide bonds. The molecule has 2 heteroatoms. The Bertz CT molecular complexity index is 438. The summed E-state index contributed by atoms with van der Waals surface area (Å²) < 4.78 is 0. The van der Waals surface area contributed by atoms with Gasteiger partial charge in [-0.1, -0.05) is 30.3 Å². The largest absolute Gasteiger partial charge is 0.300 e. The summed E-state index contributed by atoms with van der Waals surface area (Å²) in [6, 6.07) is 10.8. The minimum absolute atomic E-state index is 0.306. The minimum Gasteiger partial charge on any atom is -0.300 e. The molecule has 0 radical (unpaired) electrons. The van der Waals surface area contributed by atoms with Crippen molar-refractivity contribution in [1.82, 2.24) is 4.90 Å². The number of likely N-dealkylation sites (tertiary alicyclic amines) is 1. The molecule has 0 unspecified atom stereocenters. The first-order valence-electron chi connectivity index (χ1n) is 8.09. The van der Waals surface area contributed by atoms with Crippen molar-refractivity contribution < 1.29 is 4.79 Å². The zero-order valence-electron chi connectivity index (χ0n) is 12.3. The second-order valence-corrected chi connectivity index (χ2v) is 6.44. The molecule has 0 N–H and O–H groups in total. The molecule has 1 heterocycles. The lowest BCUT2D eigenvalue weighted by atomic mass is 9.76. The molecule has 108 valence electrons. The van der Waals surface area contributed by atoms with Crippen LogP contribution in [-0.2, 0) is 11.2 Å². The Labute approximate surface area is 122 Å². The summed E-state index contributed by atoms with van der Waals surface area (Å²) in [6.07, 6.45) is 8.78. The van der Waals surface area contributed by atoms with Crippen LogP contribution in [0.15, 0.2) is 30.3 Å². The number of nitrogens with zero attached hydrogens (tertiary/aromatic N) is 1. The molecule has 1 saturated heterocycles. The molecule has 2 fully saturated rings. The van der Waals surface area contributed by atoms with Gasteiger partial charge in [0.2, 0.25) is 0 Å². The summed E-state index contributed by atoms with van der Waals surface area (Å²) in [6.45, 7) is 2.48. The molecule has 0 bridgehead atoms. The molecule has 1 aromatic carbocycles. The molecule has 2 nitrogen and oxygen atoms in total. The van der Waals surface area contributed by atoms with E-state index in [4.69, 9.17) is 0 Å². The molecule has 0 atom stereocenters. The molecule has 1 aromatic rings. The highest BCUT2D eigenvalue weighted by molar-refractivity contribution is 5.79. The van der Waals surface area contributed by atoms with E-state index in [0.717, 1.165) is 32.1 Å². The van der Waals surface area contributed by atoms with Crippen LogP contribution in [0.4, 0.5) is 0 Å². The number of hydrogen-bond acceptors (Lipinski definition) is 2. The zero-order chi connectivity index (χ0) is 13.8. The van der Waals surface area contributed by atoms with E-state index in [-0.39, 0.29) is 0 Å². The van der Waals surface area contributed by atoms with Gasteiger partial charge in [-0.15, -0.1) is 0 Å². The van der Waals surface area contributed by atoms with E-state index in [1.165, 1.54) is 37.9 Å². The van der Waals surface area contributed by atoms with Crippen LogP contribution in [-0.4, -0.2) is 29.3 Å². The lowest BCUT2D eigenvalue weighted by Crippen LogP contribution is -2.50. The van der Waals surface area contributed by atoms with Crippen LogP contribution >= 0.6 is 0 Å². The van der Waals surface area contributed by atoms with Crippen LogP contribution < -0.4 is 0 Å². The molecular weight excluding hydrogens is 246 g/mol. The van der Waals surface area contributed by atoms with Gasteiger partial charge in [0.15, 0.2) is 0 Å². The van der Waals surface area contributed by atoms with Crippen LogP contribution in [0.3, 0.4) is 0 Å². The van der Waals surface area contributed by atoms with E-state index >= 15 is 0 Å². The molecule has 1 aliphatic heterocycles. The minimum atomic E-state index is 0.306. The maximum Gasteiger partial charge on any atom is 0.133 e. The third-order valence-corrected chi connectivity index (χ3v) is 5.24. The lowest BCUT2D eigenvalue weighted by molar-refractivity contribution is -0.123. The van der Waals surface area contributed by atoms with E-state index < -0.39 is 0 Å². The predicted molar refractivity (Wildman–Crippen MR) is 81.8 cm³/mol. The Kier molecular flexibility index (Phi) is 4.21. The number of Topliss-reactive ketones (excluding diaryl/α,β-unsaturated/α-hetero) is 1. The number of hydrogen-bond donors (Lipinski definition) is 0. The van der Waals surface area contributed by atoms with Crippen molar-refractivity contribution in [2.24, 2.45) is 0 Å². The third kappa shape index (κ3) is 2.95. The molecular formula is C18H25NO. The Morgan fingerprint density at radius 1 is 1.00 bits per heavy atom. The SMILES string of the molecule is O=C1CCC(CCc2ccccc2)(N2CCCC2)CC1. The Morgan fingerprint density at radius 2 is 1.65 bits per heavy atom. The summed E-state index contributed by atoms with van der Waals surface area (Å²) in [5.74, 6) is 0.472. The highest BCUT2D eigenvalue weighted by Gasteiger charge is 2.40. The van der Waals surface area contributed by atoms with Crippen LogP contribution in [0.2, 0.25) is 0 Å². The number of rotatable bonds is 4. The van der Waals surface area contributed by atoms with E-state index in [1.54, 1.807) is 0 Å². The van der Waals surface area contributed by atoms with Gasteiger partial charge >= 0.3 is 0 Å². The highest BCUT2D eigenvalue weighted by atomic mass is 16.1. The van der Waals surface area contributed by atoms with Crippen molar-refractivity contribution in [2.45, 2.75) is 56.9 Å². The van der Waals surface area contributed by atoms with Crippen LogP contribution in [0.5, 0.6) is 0 Å². The van der Waals surface area contributed by atoms with Crippen LogP contribution in [0, 0.1) is 0 Å². The van der Waals surface area contributed by atoms with Crippen molar-refractivity contribution >= 4 is 5.78 Å². The fraction of sp³-hybridized carbons (Fsp3) is 0.611. The molecule has 1 aliphatic carbocycles. The van der Waals surface area contributed by atoms with Gasteiger partial charge in [0.1, 0.15) is 5.78 Å². The van der Waals surface area contributed by atoms with Crippen molar-refractivity contribution in [2.75, 3.05) is 13.1 Å². The van der Waals surface area contributed by atoms with Gasteiger partial charge in [-0.25, -0.2) is 0 Å². The summed E-state index contributed by atoms with van der Waals surface area (Å²) in [7, 11) is 0. The normalized spacial score (nSPS) is 23.1. The molecule has 0 spiro atoms. The van der Waals surface area contributed by atoms with Gasteiger partial charge in [-0.05, 0) is 57.2 Å². The maximum absolute atomic E-state index is 11.6. The van der Waals surface area contributed by atoms with Crippen LogP contribution in [0.1, 0.15) is 50.5 Å². The summed E-state index contributed by atoms with van der Waals surface area (Å²) in [5, 5.41) is 0. The maximum atomic E-state index is 11.6. The Balaban J connectivity index is 1.70. The number of benzene rings is 1. The fourth-order valence-electron chi connectivity index (χ4n) is 3.93. The smallest absolute Gasteiger partial charge is 0.133 e. The van der Waals surface area contributed by atoms with E-state index in [2.05, 4.69) is 35.2 Å². The van der Waals surface area contributed by atoms with Gasteiger partial charge in [0.05, 0.1) is 0 Å². The summed E-state index contributed by atoms with van der Waals surface area (Å²) in [4.78, 5) is 14.3. The van der Waals surface area contributed by atoms with Crippen LogP contribution in [0.25, 0.3) is 0 Å². The van der Waals surface area contributed by atoms with Gasteiger partial charge in [-0.3, -0.25) is 9.69 Å². The first-order valence-corrected chi connectivity index (χ1v) is 8.09. The number of ketones is 1. The number of aryl methyl sites for hydroxylation is 1. The predicted octanol–water partition coefficient (Wildman–Crippen LogP) is 3.60. The molecule has 1 saturated carbocycles. The Morgan fingerprint density at radius 3 is 2.30 bits per heavy atom. The number of carbonyl (C=O) groups is 1. The topological polar surface area (TPSA) is 20.3 Å². The molecule has 3 rings (SSSR count).